The molecule has 0 atom stereocenters. The molecule has 1 aliphatic carbocycles. The van der Waals surface area contributed by atoms with E-state index >= 15 is 0 Å². The van der Waals surface area contributed by atoms with E-state index in [1.165, 1.54) is 12.2 Å². The zero-order valence-electron chi connectivity index (χ0n) is 9.35. The number of hydrogen-bond donors (Lipinski definition) is 0. The molecule has 0 heterocycles. The average Bonchev–Trinajstić information content (AvgIpc) is 2.25. The predicted molar refractivity (Wildman–Crippen MR) is 62.0 cm³/mol. The van der Waals surface area contributed by atoms with Gasteiger partial charge in [-0.3, -0.25) is 0 Å². The molecule has 16 heavy (non-hydrogen) atoms. The summed E-state index contributed by atoms with van der Waals surface area (Å²) >= 11 is 0. The van der Waals surface area contributed by atoms with Gasteiger partial charge in [-0.25, -0.2) is 8.78 Å². The Morgan fingerprint density at radius 3 is 2.25 bits per heavy atom. The third-order valence-electron chi connectivity index (χ3n) is 2.71. The first-order valence-electron chi connectivity index (χ1n) is 5.25. The number of hydrogen-bond acceptors (Lipinski definition) is 0. The third kappa shape index (κ3) is 2.06. The Hall–Kier alpha value is -1.44. The van der Waals surface area contributed by atoms with Gasteiger partial charge >= 0.3 is 0 Å². The summed E-state index contributed by atoms with van der Waals surface area (Å²) in [6.07, 6.45) is 5.53. The molecule has 0 saturated heterocycles. The standard InChI is InChI=1S/C14H13F2/c1-9-6-12(7-10(2)14(9)16)11-4-3-5-13(15)8-11/h4-8H,3H2,1-2H3. The monoisotopic (exact) mass is 219 g/mol. The Labute approximate surface area is 94.3 Å². The van der Waals surface area contributed by atoms with Gasteiger partial charge in [0.05, 0.1) is 0 Å². The molecule has 1 aliphatic rings. The molecule has 2 heteroatoms. The van der Waals surface area contributed by atoms with Crippen LogP contribution in [0.3, 0.4) is 0 Å². The third-order valence-corrected chi connectivity index (χ3v) is 2.71. The first-order valence-corrected chi connectivity index (χ1v) is 5.25. The smallest absolute Gasteiger partial charge is 0.129 e. The first-order chi connectivity index (χ1) is 7.58. The maximum Gasteiger partial charge on any atom is 0.129 e. The minimum atomic E-state index is -0.225. The number of rotatable bonds is 1. The highest BCUT2D eigenvalue weighted by molar-refractivity contribution is 5.75. The molecule has 1 radical (unpaired) electrons. The fourth-order valence-corrected chi connectivity index (χ4v) is 1.88. The molecule has 0 N–H and O–H groups in total. The summed E-state index contributed by atoms with van der Waals surface area (Å²) in [6, 6.07) is 3.51. The van der Waals surface area contributed by atoms with E-state index in [1.54, 1.807) is 26.0 Å². The molecule has 1 aromatic rings. The lowest BCUT2D eigenvalue weighted by molar-refractivity contribution is 0.609. The number of aryl methyl sites for hydroxylation is 2. The van der Waals surface area contributed by atoms with Gasteiger partial charge in [0.25, 0.3) is 0 Å². The quantitative estimate of drug-likeness (QED) is 0.661. The second-order valence-corrected chi connectivity index (χ2v) is 4.05. The average molecular weight is 219 g/mol. The summed E-state index contributed by atoms with van der Waals surface area (Å²) in [7, 11) is 0. The van der Waals surface area contributed by atoms with E-state index < -0.39 is 0 Å². The molecule has 2 rings (SSSR count). The van der Waals surface area contributed by atoms with Gasteiger partial charge < -0.3 is 0 Å². The van der Waals surface area contributed by atoms with Crippen molar-refractivity contribution in [2.45, 2.75) is 20.3 Å². The number of halogens is 2. The fraction of sp³-hybridized carbons (Fsp3) is 0.214. The molecule has 0 aliphatic heterocycles. The zero-order chi connectivity index (χ0) is 11.7. The molecule has 0 fully saturated rings. The van der Waals surface area contributed by atoms with Crippen molar-refractivity contribution in [3.8, 4) is 0 Å². The minimum absolute atomic E-state index is 0.184. The summed E-state index contributed by atoms with van der Waals surface area (Å²) in [6.45, 7) is 3.45. The highest BCUT2D eigenvalue weighted by atomic mass is 19.1. The molecule has 0 aromatic heterocycles. The topological polar surface area (TPSA) is 0 Å². The molecular weight excluding hydrogens is 206 g/mol. The summed E-state index contributed by atoms with van der Waals surface area (Å²) in [5.41, 5.74) is 2.89. The Balaban J connectivity index is 2.46. The van der Waals surface area contributed by atoms with E-state index in [2.05, 4.69) is 0 Å². The van der Waals surface area contributed by atoms with Gasteiger partial charge in [0, 0.05) is 0 Å². The molecule has 0 saturated carbocycles. The molecule has 0 spiro atoms. The van der Waals surface area contributed by atoms with E-state index in [4.69, 9.17) is 0 Å². The second-order valence-electron chi connectivity index (χ2n) is 4.05. The van der Waals surface area contributed by atoms with Crippen LogP contribution < -0.4 is 0 Å². The van der Waals surface area contributed by atoms with Crippen molar-refractivity contribution in [3.63, 3.8) is 0 Å². The van der Waals surface area contributed by atoms with E-state index in [9.17, 15) is 8.78 Å². The largest absolute Gasteiger partial charge is 0.207 e. The molecule has 0 unspecified atom stereocenters. The van der Waals surface area contributed by atoms with Crippen molar-refractivity contribution in [1.82, 2.24) is 0 Å². The minimum Gasteiger partial charge on any atom is -0.207 e. The van der Waals surface area contributed by atoms with Gasteiger partial charge in [-0.1, -0.05) is 0 Å². The van der Waals surface area contributed by atoms with Crippen LogP contribution in [-0.4, -0.2) is 0 Å². The van der Waals surface area contributed by atoms with Crippen molar-refractivity contribution in [1.29, 1.82) is 0 Å². The van der Waals surface area contributed by atoms with Crippen LogP contribution in [-0.2, 0) is 0 Å². The molecule has 0 amide bonds. The first kappa shape index (κ1) is 11.1. The molecule has 83 valence electrons. The van der Waals surface area contributed by atoms with Crippen LogP contribution in [0, 0.1) is 26.1 Å². The van der Waals surface area contributed by atoms with Crippen molar-refractivity contribution in [2.75, 3.05) is 0 Å². The maximum absolute atomic E-state index is 13.4. The lowest BCUT2D eigenvalue weighted by Crippen LogP contribution is -1.95. The Kier molecular flexibility index (Phi) is 2.90. The van der Waals surface area contributed by atoms with Crippen molar-refractivity contribution < 1.29 is 8.78 Å². The summed E-state index contributed by atoms with van der Waals surface area (Å²) in [4.78, 5) is 0. The van der Waals surface area contributed by atoms with E-state index in [1.807, 2.05) is 6.42 Å². The summed E-state index contributed by atoms with van der Waals surface area (Å²) in [5, 5.41) is 0. The highest BCUT2D eigenvalue weighted by Crippen LogP contribution is 2.28. The van der Waals surface area contributed by atoms with Crippen LogP contribution in [0.4, 0.5) is 8.78 Å². The van der Waals surface area contributed by atoms with Crippen LogP contribution in [0.2, 0.25) is 0 Å². The van der Waals surface area contributed by atoms with Gasteiger partial charge in [-0.05, 0) is 73.2 Å². The SMILES string of the molecule is Cc1cc(C2=CC(F)=CC[CH]2)cc(C)c1F. The van der Waals surface area contributed by atoms with Crippen LogP contribution in [0.25, 0.3) is 5.57 Å². The highest BCUT2D eigenvalue weighted by Gasteiger charge is 2.11. The molecule has 1 aromatic carbocycles. The van der Waals surface area contributed by atoms with Crippen LogP contribution in [0.15, 0.2) is 30.1 Å². The second kappa shape index (κ2) is 4.20. The van der Waals surface area contributed by atoms with Gasteiger partial charge in [-0.15, -0.1) is 0 Å². The predicted octanol–water partition coefficient (Wildman–Crippen LogP) is 4.29. The van der Waals surface area contributed by atoms with Gasteiger partial charge in [0.15, 0.2) is 0 Å². The number of allylic oxidation sites excluding steroid dienone is 4. The fourth-order valence-electron chi connectivity index (χ4n) is 1.88. The van der Waals surface area contributed by atoms with Gasteiger partial charge in [0.1, 0.15) is 11.6 Å². The van der Waals surface area contributed by atoms with Gasteiger partial charge in [0.2, 0.25) is 0 Å². The lowest BCUT2D eigenvalue weighted by Gasteiger charge is -2.12. The summed E-state index contributed by atoms with van der Waals surface area (Å²) in [5.74, 6) is -0.409. The Morgan fingerprint density at radius 1 is 1.06 bits per heavy atom. The maximum atomic E-state index is 13.4. The van der Waals surface area contributed by atoms with Crippen molar-refractivity contribution >= 4 is 5.57 Å². The zero-order valence-corrected chi connectivity index (χ0v) is 9.35. The van der Waals surface area contributed by atoms with Crippen LogP contribution in [0.1, 0.15) is 23.1 Å². The molecule has 0 nitrogen and oxygen atoms in total. The normalized spacial score (nSPS) is 15.8. The number of benzene rings is 1. The van der Waals surface area contributed by atoms with E-state index in [-0.39, 0.29) is 11.6 Å². The van der Waals surface area contributed by atoms with Crippen molar-refractivity contribution in [2.24, 2.45) is 0 Å². The van der Waals surface area contributed by atoms with Crippen LogP contribution in [0.5, 0.6) is 0 Å². The van der Waals surface area contributed by atoms with Crippen molar-refractivity contribution in [3.05, 3.63) is 59.0 Å². The summed E-state index contributed by atoms with van der Waals surface area (Å²) < 4.78 is 26.5. The molecular formula is C14H13F2. The lowest BCUT2D eigenvalue weighted by atomic mass is 9.94. The Bertz CT molecular complexity index is 459. The van der Waals surface area contributed by atoms with Gasteiger partial charge in [-0.2, -0.15) is 0 Å². The van der Waals surface area contributed by atoms with E-state index in [0.29, 0.717) is 17.5 Å². The van der Waals surface area contributed by atoms with Crippen LogP contribution >= 0.6 is 0 Å². The Morgan fingerprint density at radius 2 is 1.69 bits per heavy atom. The van der Waals surface area contributed by atoms with E-state index in [0.717, 1.165) is 11.1 Å². The molecule has 0 bridgehead atoms.